The average molecular weight is 280 g/mol. The lowest BCUT2D eigenvalue weighted by Gasteiger charge is -2.43. The summed E-state index contributed by atoms with van der Waals surface area (Å²) in [6.45, 7) is 10.9. The van der Waals surface area contributed by atoms with Gasteiger partial charge in [-0.05, 0) is 43.9 Å². The highest BCUT2D eigenvalue weighted by Gasteiger charge is 2.41. The lowest BCUT2D eigenvalue weighted by atomic mass is 9.72. The fourth-order valence-electron chi connectivity index (χ4n) is 3.95. The van der Waals surface area contributed by atoms with Crippen molar-refractivity contribution in [2.45, 2.75) is 71.8 Å². The Morgan fingerprint density at radius 2 is 1.75 bits per heavy atom. The van der Waals surface area contributed by atoms with Crippen molar-refractivity contribution in [1.29, 1.82) is 0 Å². The van der Waals surface area contributed by atoms with Crippen molar-refractivity contribution in [2.24, 2.45) is 23.0 Å². The van der Waals surface area contributed by atoms with E-state index in [4.69, 9.17) is 5.73 Å². The number of hydrogen-bond acceptors (Lipinski definition) is 2. The number of nitrogens with zero attached hydrogens (tertiary/aromatic N) is 1. The zero-order chi connectivity index (χ0) is 15.0. The first-order valence-electron chi connectivity index (χ1n) is 8.29. The normalized spacial score (nSPS) is 33.2. The summed E-state index contributed by atoms with van der Waals surface area (Å²) in [6.07, 6.45) is 6.57. The third-order valence-corrected chi connectivity index (χ3v) is 5.58. The van der Waals surface area contributed by atoms with Crippen molar-refractivity contribution in [3.05, 3.63) is 0 Å². The lowest BCUT2D eigenvalue weighted by Crippen LogP contribution is -2.55. The van der Waals surface area contributed by atoms with Crippen molar-refractivity contribution in [1.82, 2.24) is 4.90 Å². The third kappa shape index (κ3) is 3.36. The second-order valence-corrected chi connectivity index (χ2v) is 8.27. The van der Waals surface area contributed by atoms with Crippen LogP contribution in [0.3, 0.4) is 0 Å². The SMILES string of the molecule is CC(C)(C)C1CCN(C(=O)C2CCCCC2(C)N)CC1. The maximum atomic E-state index is 12.8. The fraction of sp³-hybridized carbons (Fsp3) is 0.941. The summed E-state index contributed by atoms with van der Waals surface area (Å²) < 4.78 is 0. The number of amides is 1. The number of carbonyl (C=O) groups excluding carboxylic acids is 1. The summed E-state index contributed by atoms with van der Waals surface area (Å²) in [6, 6.07) is 0. The van der Waals surface area contributed by atoms with Crippen LogP contribution in [0.4, 0.5) is 0 Å². The molecule has 0 aromatic heterocycles. The van der Waals surface area contributed by atoms with Crippen molar-refractivity contribution < 1.29 is 4.79 Å². The molecule has 2 atom stereocenters. The highest BCUT2D eigenvalue weighted by atomic mass is 16.2. The van der Waals surface area contributed by atoms with Gasteiger partial charge in [0.2, 0.25) is 5.91 Å². The Hall–Kier alpha value is -0.570. The predicted octanol–water partition coefficient (Wildman–Crippen LogP) is 3.18. The summed E-state index contributed by atoms with van der Waals surface area (Å²) in [5, 5.41) is 0. The van der Waals surface area contributed by atoms with Gasteiger partial charge in [0.05, 0.1) is 5.92 Å². The highest BCUT2D eigenvalue weighted by Crippen LogP contribution is 2.37. The predicted molar refractivity (Wildman–Crippen MR) is 83.3 cm³/mol. The average Bonchev–Trinajstić information content (AvgIpc) is 2.36. The van der Waals surface area contributed by atoms with Gasteiger partial charge in [-0.25, -0.2) is 0 Å². The zero-order valence-corrected chi connectivity index (χ0v) is 13.7. The van der Waals surface area contributed by atoms with E-state index in [9.17, 15) is 4.79 Å². The van der Waals surface area contributed by atoms with Gasteiger partial charge in [-0.1, -0.05) is 33.6 Å². The minimum absolute atomic E-state index is 0.0439. The Kier molecular flexibility index (Phi) is 4.48. The van der Waals surface area contributed by atoms with Crippen LogP contribution in [0.5, 0.6) is 0 Å². The largest absolute Gasteiger partial charge is 0.342 e. The van der Waals surface area contributed by atoms with Gasteiger partial charge < -0.3 is 10.6 Å². The van der Waals surface area contributed by atoms with Crippen LogP contribution in [0.15, 0.2) is 0 Å². The smallest absolute Gasteiger partial charge is 0.227 e. The third-order valence-electron chi connectivity index (χ3n) is 5.58. The molecule has 1 aliphatic carbocycles. The molecule has 2 unspecified atom stereocenters. The molecule has 1 aliphatic heterocycles. The maximum absolute atomic E-state index is 12.8. The second kappa shape index (κ2) is 5.67. The van der Waals surface area contributed by atoms with Gasteiger partial charge in [0, 0.05) is 18.6 Å². The number of carbonyl (C=O) groups is 1. The Morgan fingerprint density at radius 3 is 2.25 bits per heavy atom. The molecule has 1 heterocycles. The number of hydrogen-bond donors (Lipinski definition) is 1. The monoisotopic (exact) mass is 280 g/mol. The molecule has 1 saturated heterocycles. The molecule has 2 N–H and O–H groups in total. The molecule has 2 aliphatic rings. The van der Waals surface area contributed by atoms with E-state index in [-0.39, 0.29) is 11.5 Å². The quantitative estimate of drug-likeness (QED) is 0.802. The Balaban J connectivity index is 1.95. The summed E-state index contributed by atoms with van der Waals surface area (Å²) in [7, 11) is 0. The first kappa shape index (κ1) is 15.8. The first-order valence-corrected chi connectivity index (χ1v) is 8.29. The van der Waals surface area contributed by atoms with Crippen LogP contribution in [0.25, 0.3) is 0 Å². The molecule has 2 rings (SSSR count). The van der Waals surface area contributed by atoms with Crippen LogP contribution < -0.4 is 5.73 Å². The van der Waals surface area contributed by atoms with Gasteiger partial charge in [0.15, 0.2) is 0 Å². The molecule has 3 heteroatoms. The summed E-state index contributed by atoms with van der Waals surface area (Å²) in [4.78, 5) is 14.9. The second-order valence-electron chi connectivity index (χ2n) is 8.27. The molecule has 0 bridgehead atoms. The van der Waals surface area contributed by atoms with Crippen LogP contribution >= 0.6 is 0 Å². The molecular weight excluding hydrogens is 248 g/mol. The van der Waals surface area contributed by atoms with E-state index in [0.29, 0.717) is 11.3 Å². The van der Waals surface area contributed by atoms with E-state index in [0.717, 1.165) is 51.1 Å². The molecule has 116 valence electrons. The first-order chi connectivity index (χ1) is 9.22. The van der Waals surface area contributed by atoms with E-state index in [1.165, 1.54) is 6.42 Å². The molecule has 2 fully saturated rings. The van der Waals surface area contributed by atoms with Gasteiger partial charge in [0.25, 0.3) is 0 Å². The summed E-state index contributed by atoms with van der Waals surface area (Å²) in [5.41, 5.74) is 6.45. The molecule has 0 radical (unpaired) electrons. The molecule has 0 aromatic rings. The minimum atomic E-state index is -0.295. The number of nitrogens with two attached hydrogens (primary N) is 1. The number of likely N-dealkylation sites (tertiary alicyclic amines) is 1. The van der Waals surface area contributed by atoms with E-state index < -0.39 is 0 Å². The lowest BCUT2D eigenvalue weighted by molar-refractivity contribution is -0.140. The van der Waals surface area contributed by atoms with Gasteiger partial charge in [-0.2, -0.15) is 0 Å². The van der Waals surface area contributed by atoms with Crippen molar-refractivity contribution in [3.63, 3.8) is 0 Å². The van der Waals surface area contributed by atoms with Crippen molar-refractivity contribution in [3.8, 4) is 0 Å². The van der Waals surface area contributed by atoms with Gasteiger partial charge >= 0.3 is 0 Å². The molecule has 3 nitrogen and oxygen atoms in total. The standard InChI is InChI=1S/C17H32N2O/c1-16(2,3)13-8-11-19(12-9-13)15(20)14-7-5-6-10-17(14,4)18/h13-14H,5-12,18H2,1-4H3. The van der Waals surface area contributed by atoms with E-state index >= 15 is 0 Å². The van der Waals surface area contributed by atoms with Crippen LogP contribution in [0.2, 0.25) is 0 Å². The minimum Gasteiger partial charge on any atom is -0.342 e. The van der Waals surface area contributed by atoms with Gasteiger partial charge in [-0.15, -0.1) is 0 Å². The topological polar surface area (TPSA) is 46.3 Å². The van der Waals surface area contributed by atoms with E-state index in [1.807, 2.05) is 0 Å². The Morgan fingerprint density at radius 1 is 1.15 bits per heavy atom. The molecule has 0 spiro atoms. The molecule has 20 heavy (non-hydrogen) atoms. The number of piperidine rings is 1. The van der Waals surface area contributed by atoms with Crippen LogP contribution in [-0.4, -0.2) is 29.4 Å². The maximum Gasteiger partial charge on any atom is 0.227 e. The Labute approximate surface area is 124 Å². The van der Waals surface area contributed by atoms with Crippen molar-refractivity contribution >= 4 is 5.91 Å². The fourth-order valence-corrected chi connectivity index (χ4v) is 3.95. The number of rotatable bonds is 1. The van der Waals surface area contributed by atoms with Crippen molar-refractivity contribution in [2.75, 3.05) is 13.1 Å². The molecular formula is C17H32N2O. The molecule has 0 aromatic carbocycles. The summed E-state index contributed by atoms with van der Waals surface area (Å²) in [5.74, 6) is 1.10. The molecule has 1 saturated carbocycles. The molecule has 1 amide bonds. The van der Waals surface area contributed by atoms with E-state index in [1.54, 1.807) is 0 Å². The zero-order valence-electron chi connectivity index (χ0n) is 13.7. The Bertz CT molecular complexity index is 348. The summed E-state index contributed by atoms with van der Waals surface area (Å²) >= 11 is 0. The van der Waals surface area contributed by atoms with Gasteiger partial charge in [-0.3, -0.25) is 4.79 Å². The van der Waals surface area contributed by atoms with E-state index in [2.05, 4.69) is 32.6 Å². The van der Waals surface area contributed by atoms with Crippen LogP contribution in [-0.2, 0) is 4.79 Å². The van der Waals surface area contributed by atoms with Crippen LogP contribution in [0, 0.1) is 17.3 Å². The van der Waals surface area contributed by atoms with Crippen LogP contribution in [0.1, 0.15) is 66.2 Å². The van der Waals surface area contributed by atoms with Gasteiger partial charge in [0.1, 0.15) is 0 Å². The highest BCUT2D eigenvalue weighted by molar-refractivity contribution is 5.80.